The number of para-hydroxylation sites is 2. The van der Waals surface area contributed by atoms with Gasteiger partial charge in [0.2, 0.25) is 0 Å². The van der Waals surface area contributed by atoms with E-state index < -0.39 is 0 Å². The summed E-state index contributed by atoms with van der Waals surface area (Å²) in [6.45, 7) is 0. The second-order valence-corrected chi connectivity index (χ2v) is 5.90. The molecule has 0 bridgehead atoms. The number of halogens is 2. The predicted molar refractivity (Wildman–Crippen MR) is 99.7 cm³/mol. The van der Waals surface area contributed by atoms with Gasteiger partial charge in [-0.3, -0.25) is 0 Å². The average Bonchev–Trinajstić information content (AvgIpc) is 2.64. The second kappa shape index (κ2) is 6.49. The van der Waals surface area contributed by atoms with Gasteiger partial charge in [0.1, 0.15) is 11.6 Å². The first kappa shape index (κ1) is 15.5. The lowest BCUT2D eigenvalue weighted by atomic mass is 10.1. The van der Waals surface area contributed by atoms with E-state index in [2.05, 4.69) is 15.3 Å². The number of rotatable bonds is 3. The van der Waals surface area contributed by atoms with Gasteiger partial charge in [-0.1, -0.05) is 48.0 Å². The fourth-order valence-corrected chi connectivity index (χ4v) is 2.81. The van der Waals surface area contributed by atoms with Gasteiger partial charge in [0.15, 0.2) is 5.82 Å². The van der Waals surface area contributed by atoms with Gasteiger partial charge in [0.05, 0.1) is 21.8 Å². The molecule has 0 fully saturated rings. The molecule has 1 N–H and O–H groups in total. The minimum absolute atomic E-state index is 0.325. The summed E-state index contributed by atoms with van der Waals surface area (Å²) in [6.07, 6.45) is 0. The van der Waals surface area contributed by atoms with Gasteiger partial charge in [-0.2, -0.15) is 0 Å². The molecule has 3 aromatic carbocycles. The lowest BCUT2D eigenvalue weighted by molar-refractivity contribution is 0.630. The van der Waals surface area contributed by atoms with E-state index in [9.17, 15) is 4.39 Å². The Bertz CT molecular complexity index is 1070. The van der Waals surface area contributed by atoms with Crippen molar-refractivity contribution in [3.05, 3.63) is 83.6 Å². The van der Waals surface area contributed by atoms with Crippen LogP contribution in [0.3, 0.4) is 0 Å². The van der Waals surface area contributed by atoms with Crippen LogP contribution in [0.5, 0.6) is 0 Å². The van der Waals surface area contributed by atoms with E-state index in [1.54, 1.807) is 24.3 Å². The summed E-state index contributed by atoms with van der Waals surface area (Å²) in [5, 5.41) is 4.66. The Hall–Kier alpha value is -2.98. The van der Waals surface area contributed by atoms with E-state index in [-0.39, 0.29) is 5.82 Å². The number of hydrogen-bond donors (Lipinski definition) is 1. The minimum Gasteiger partial charge on any atom is -0.338 e. The van der Waals surface area contributed by atoms with Crippen LogP contribution < -0.4 is 5.32 Å². The molecule has 0 aliphatic rings. The van der Waals surface area contributed by atoms with E-state index in [1.165, 1.54) is 6.07 Å². The number of anilines is 2. The SMILES string of the molecule is Fc1ccccc1-c1nc(Nc2ccccc2Cl)c2ccccc2n1. The first-order valence-corrected chi connectivity index (χ1v) is 8.13. The summed E-state index contributed by atoms with van der Waals surface area (Å²) in [5.41, 5.74) is 1.81. The number of fused-ring (bicyclic) bond motifs is 1. The number of nitrogens with zero attached hydrogens (tertiary/aromatic N) is 2. The molecule has 0 radical (unpaired) electrons. The standard InChI is InChI=1S/C20H13ClFN3/c21-15-9-3-6-12-18(15)24-20-14-8-2-5-11-17(14)23-19(25-20)13-7-1-4-10-16(13)22/h1-12H,(H,23,24,25). The molecule has 3 nitrogen and oxygen atoms in total. The fourth-order valence-electron chi connectivity index (χ4n) is 2.63. The molecule has 122 valence electrons. The minimum atomic E-state index is -0.360. The molecule has 1 aromatic heterocycles. The number of benzene rings is 3. The van der Waals surface area contributed by atoms with Crippen LogP contribution in [-0.4, -0.2) is 9.97 Å². The maximum Gasteiger partial charge on any atom is 0.165 e. The molecule has 0 aliphatic heterocycles. The first-order valence-electron chi connectivity index (χ1n) is 7.75. The topological polar surface area (TPSA) is 37.8 Å². The van der Waals surface area contributed by atoms with E-state index in [0.29, 0.717) is 22.2 Å². The van der Waals surface area contributed by atoms with Crippen LogP contribution in [0.2, 0.25) is 5.02 Å². The van der Waals surface area contributed by atoms with E-state index in [1.807, 2.05) is 42.5 Å². The van der Waals surface area contributed by atoms with Gasteiger partial charge in [-0.25, -0.2) is 14.4 Å². The molecular formula is C20H13ClFN3. The van der Waals surface area contributed by atoms with Crippen molar-refractivity contribution in [1.29, 1.82) is 0 Å². The van der Waals surface area contributed by atoms with Crippen molar-refractivity contribution in [2.45, 2.75) is 0 Å². The molecule has 0 spiro atoms. The quantitative estimate of drug-likeness (QED) is 0.505. The Balaban J connectivity index is 1.91. The van der Waals surface area contributed by atoms with Gasteiger partial charge in [0, 0.05) is 5.39 Å². The Morgan fingerprint density at radius 1 is 0.800 bits per heavy atom. The van der Waals surface area contributed by atoms with E-state index >= 15 is 0 Å². The number of hydrogen-bond acceptors (Lipinski definition) is 3. The van der Waals surface area contributed by atoms with Crippen molar-refractivity contribution < 1.29 is 4.39 Å². The van der Waals surface area contributed by atoms with Crippen LogP contribution in [-0.2, 0) is 0 Å². The summed E-state index contributed by atoms with van der Waals surface area (Å²) >= 11 is 6.24. The Kier molecular flexibility index (Phi) is 4.04. The molecule has 4 rings (SSSR count). The third-order valence-corrected chi connectivity index (χ3v) is 4.17. The highest BCUT2D eigenvalue weighted by atomic mass is 35.5. The van der Waals surface area contributed by atoms with E-state index in [4.69, 9.17) is 11.6 Å². The van der Waals surface area contributed by atoms with Gasteiger partial charge in [0.25, 0.3) is 0 Å². The van der Waals surface area contributed by atoms with Crippen LogP contribution in [0.4, 0.5) is 15.9 Å². The monoisotopic (exact) mass is 349 g/mol. The summed E-state index contributed by atoms with van der Waals surface area (Å²) in [6, 6.07) is 21.5. The second-order valence-electron chi connectivity index (χ2n) is 5.50. The Labute approximate surface area is 149 Å². The zero-order chi connectivity index (χ0) is 17.2. The van der Waals surface area contributed by atoms with Gasteiger partial charge in [-0.05, 0) is 36.4 Å². The number of aromatic nitrogens is 2. The summed E-state index contributed by atoms with van der Waals surface area (Å²) in [7, 11) is 0. The van der Waals surface area contributed by atoms with Crippen LogP contribution in [0.1, 0.15) is 0 Å². The van der Waals surface area contributed by atoms with Crippen molar-refractivity contribution in [3.63, 3.8) is 0 Å². The predicted octanol–water partition coefficient (Wildman–Crippen LogP) is 5.83. The van der Waals surface area contributed by atoms with Crippen molar-refractivity contribution in [3.8, 4) is 11.4 Å². The summed E-state index contributed by atoms with van der Waals surface area (Å²) in [4.78, 5) is 9.05. The lowest BCUT2D eigenvalue weighted by Crippen LogP contribution is -2.00. The van der Waals surface area contributed by atoms with Crippen LogP contribution in [0, 0.1) is 5.82 Å². The van der Waals surface area contributed by atoms with Crippen LogP contribution in [0.25, 0.3) is 22.3 Å². The third-order valence-electron chi connectivity index (χ3n) is 3.84. The first-order chi connectivity index (χ1) is 12.2. The highest BCUT2D eigenvalue weighted by molar-refractivity contribution is 6.33. The zero-order valence-corrected chi connectivity index (χ0v) is 13.8. The molecule has 25 heavy (non-hydrogen) atoms. The fraction of sp³-hybridized carbons (Fsp3) is 0. The van der Waals surface area contributed by atoms with Gasteiger partial charge < -0.3 is 5.32 Å². The molecule has 0 atom stereocenters. The van der Waals surface area contributed by atoms with Crippen molar-refractivity contribution in [2.24, 2.45) is 0 Å². The summed E-state index contributed by atoms with van der Waals surface area (Å²) < 4.78 is 14.2. The largest absolute Gasteiger partial charge is 0.338 e. The van der Waals surface area contributed by atoms with Crippen LogP contribution in [0.15, 0.2) is 72.8 Å². The molecule has 4 aromatic rings. The molecule has 5 heteroatoms. The smallest absolute Gasteiger partial charge is 0.165 e. The Morgan fingerprint density at radius 2 is 1.52 bits per heavy atom. The van der Waals surface area contributed by atoms with Crippen molar-refractivity contribution in [1.82, 2.24) is 9.97 Å². The highest BCUT2D eigenvalue weighted by Gasteiger charge is 2.13. The molecule has 0 unspecified atom stereocenters. The molecule has 0 amide bonds. The Morgan fingerprint density at radius 3 is 2.36 bits per heavy atom. The maximum absolute atomic E-state index is 14.2. The average molecular weight is 350 g/mol. The van der Waals surface area contributed by atoms with Crippen molar-refractivity contribution >= 4 is 34.0 Å². The van der Waals surface area contributed by atoms with Crippen molar-refractivity contribution in [2.75, 3.05) is 5.32 Å². The van der Waals surface area contributed by atoms with E-state index in [0.717, 1.165) is 16.6 Å². The highest BCUT2D eigenvalue weighted by Crippen LogP contribution is 2.30. The molecule has 0 saturated carbocycles. The van der Waals surface area contributed by atoms with Gasteiger partial charge >= 0.3 is 0 Å². The summed E-state index contributed by atoms with van der Waals surface area (Å²) in [5.74, 6) is 0.546. The number of nitrogens with one attached hydrogen (secondary N) is 1. The third kappa shape index (κ3) is 3.04. The lowest BCUT2D eigenvalue weighted by Gasteiger charge is -2.12. The van der Waals surface area contributed by atoms with Gasteiger partial charge in [-0.15, -0.1) is 0 Å². The normalized spacial score (nSPS) is 10.8. The molecule has 0 aliphatic carbocycles. The maximum atomic E-state index is 14.2. The molecule has 1 heterocycles. The zero-order valence-electron chi connectivity index (χ0n) is 13.1. The molecule has 0 saturated heterocycles. The van der Waals surface area contributed by atoms with Crippen LogP contribution >= 0.6 is 11.6 Å². The molecular weight excluding hydrogens is 337 g/mol.